The molecule has 0 saturated carbocycles. The number of benzene rings is 1. The maximum absolute atomic E-state index is 11.9. The number of sulfone groups is 1. The Morgan fingerprint density at radius 2 is 1.86 bits per heavy atom. The minimum absolute atomic E-state index is 0.0130. The second kappa shape index (κ2) is 7.24. The molecule has 5 nitrogen and oxygen atoms in total. The first-order valence-corrected chi connectivity index (χ1v) is 9.31. The third kappa shape index (κ3) is 5.10. The molecule has 0 bridgehead atoms. The lowest BCUT2D eigenvalue weighted by atomic mass is 10.1. The number of carbonyl (C=O) groups excluding carboxylic acids is 2. The van der Waals surface area contributed by atoms with Crippen molar-refractivity contribution in [1.82, 2.24) is 5.32 Å². The molecule has 2 rings (SSSR count). The fourth-order valence-corrected chi connectivity index (χ4v) is 4.37. The summed E-state index contributed by atoms with van der Waals surface area (Å²) in [4.78, 5) is 23.6. The van der Waals surface area contributed by atoms with Crippen LogP contribution in [0.15, 0.2) is 24.3 Å². The van der Waals surface area contributed by atoms with Crippen molar-refractivity contribution in [2.75, 3.05) is 18.1 Å². The normalized spacial score (nSPS) is 19.8. The van der Waals surface area contributed by atoms with Crippen LogP contribution in [0.25, 0.3) is 0 Å². The second-order valence-corrected chi connectivity index (χ2v) is 8.17. The van der Waals surface area contributed by atoms with E-state index in [-0.39, 0.29) is 42.0 Å². The molecule has 1 fully saturated rings. The molecule has 1 aromatic rings. The molecule has 7 heteroatoms. The van der Waals surface area contributed by atoms with Crippen LogP contribution in [-0.4, -0.2) is 38.2 Å². The molecule has 1 heterocycles. The monoisotopic (exact) mass is 343 g/mol. The van der Waals surface area contributed by atoms with Crippen LogP contribution in [0.5, 0.6) is 0 Å². The molecule has 0 aliphatic carbocycles. The number of hydrogen-bond acceptors (Lipinski definition) is 4. The van der Waals surface area contributed by atoms with E-state index in [1.54, 1.807) is 24.3 Å². The Bertz CT molecular complexity index is 655. The van der Waals surface area contributed by atoms with Gasteiger partial charge in [0.25, 0.3) is 0 Å². The van der Waals surface area contributed by atoms with E-state index in [1.807, 2.05) is 0 Å². The van der Waals surface area contributed by atoms with E-state index in [9.17, 15) is 18.0 Å². The number of nitrogens with one attached hydrogen (secondary N) is 1. The van der Waals surface area contributed by atoms with E-state index in [4.69, 9.17) is 11.6 Å². The lowest BCUT2D eigenvalue weighted by Crippen LogP contribution is -2.30. The molecule has 0 spiro atoms. The molecular formula is C15H18ClNO4S. The first-order valence-electron chi connectivity index (χ1n) is 7.11. The number of rotatable bonds is 6. The van der Waals surface area contributed by atoms with Crippen LogP contribution in [0.4, 0.5) is 0 Å². The summed E-state index contributed by atoms with van der Waals surface area (Å²) in [7, 11) is -2.92. The van der Waals surface area contributed by atoms with Gasteiger partial charge in [-0.25, -0.2) is 8.42 Å². The topological polar surface area (TPSA) is 80.3 Å². The lowest BCUT2D eigenvalue weighted by molar-refractivity contribution is -0.121. The zero-order valence-electron chi connectivity index (χ0n) is 12.0. The lowest BCUT2D eigenvalue weighted by Gasteiger charge is -2.09. The predicted octanol–water partition coefficient (Wildman–Crippen LogP) is 1.85. The Hall–Kier alpha value is -1.40. The number of amides is 1. The van der Waals surface area contributed by atoms with Gasteiger partial charge in [0.1, 0.15) is 0 Å². The average Bonchev–Trinajstić information content (AvgIpc) is 2.82. The molecule has 1 N–H and O–H groups in total. The third-order valence-electron chi connectivity index (χ3n) is 3.66. The molecule has 1 amide bonds. The van der Waals surface area contributed by atoms with Crippen molar-refractivity contribution in [1.29, 1.82) is 0 Å². The largest absolute Gasteiger partial charge is 0.356 e. The van der Waals surface area contributed by atoms with Crippen molar-refractivity contribution in [3.63, 3.8) is 0 Å². The van der Waals surface area contributed by atoms with Crippen molar-refractivity contribution < 1.29 is 18.0 Å². The van der Waals surface area contributed by atoms with Crippen LogP contribution in [-0.2, 0) is 14.6 Å². The Balaban J connectivity index is 1.71. The fraction of sp³-hybridized carbons (Fsp3) is 0.467. The maximum Gasteiger partial charge on any atom is 0.220 e. The molecule has 1 aliphatic rings. The highest BCUT2D eigenvalue weighted by molar-refractivity contribution is 7.91. The SMILES string of the molecule is O=C(CCC(=O)c1ccc(Cl)cc1)NCC1CCS(=O)(=O)C1. The summed E-state index contributed by atoms with van der Waals surface area (Å²) in [5, 5.41) is 3.26. The van der Waals surface area contributed by atoms with Crippen molar-refractivity contribution in [2.45, 2.75) is 19.3 Å². The predicted molar refractivity (Wildman–Crippen MR) is 84.8 cm³/mol. The van der Waals surface area contributed by atoms with Crippen LogP contribution in [0, 0.1) is 5.92 Å². The minimum Gasteiger partial charge on any atom is -0.356 e. The van der Waals surface area contributed by atoms with Crippen LogP contribution in [0.1, 0.15) is 29.6 Å². The molecular weight excluding hydrogens is 326 g/mol. The summed E-state index contributed by atoms with van der Waals surface area (Å²) in [6, 6.07) is 6.53. The summed E-state index contributed by atoms with van der Waals surface area (Å²) < 4.78 is 22.6. The minimum atomic E-state index is -2.92. The highest BCUT2D eigenvalue weighted by atomic mass is 35.5. The Morgan fingerprint density at radius 3 is 2.45 bits per heavy atom. The summed E-state index contributed by atoms with van der Waals surface area (Å²) >= 11 is 5.75. The van der Waals surface area contributed by atoms with Crippen molar-refractivity contribution in [3.8, 4) is 0 Å². The summed E-state index contributed by atoms with van der Waals surface area (Å²) in [6.07, 6.45) is 0.809. The van der Waals surface area contributed by atoms with Gasteiger partial charge in [-0.05, 0) is 36.6 Å². The summed E-state index contributed by atoms with van der Waals surface area (Å²) in [6.45, 7) is 0.354. The van der Waals surface area contributed by atoms with Crippen LogP contribution < -0.4 is 5.32 Å². The highest BCUT2D eigenvalue weighted by Crippen LogP contribution is 2.17. The van der Waals surface area contributed by atoms with Crippen molar-refractivity contribution >= 4 is 33.1 Å². The van der Waals surface area contributed by atoms with Gasteiger partial charge in [0.2, 0.25) is 5.91 Å². The van der Waals surface area contributed by atoms with Gasteiger partial charge in [0.05, 0.1) is 11.5 Å². The van der Waals surface area contributed by atoms with Crippen LogP contribution in [0.3, 0.4) is 0 Å². The Kier molecular flexibility index (Phi) is 5.58. The second-order valence-electron chi connectivity index (χ2n) is 5.50. The first-order chi connectivity index (χ1) is 10.4. The zero-order valence-corrected chi connectivity index (χ0v) is 13.6. The molecule has 1 atom stereocenters. The maximum atomic E-state index is 11.9. The number of hydrogen-bond donors (Lipinski definition) is 1. The van der Waals surface area contributed by atoms with E-state index in [2.05, 4.69) is 5.32 Å². The fourth-order valence-electron chi connectivity index (χ4n) is 2.39. The van der Waals surface area contributed by atoms with Crippen molar-refractivity contribution in [2.24, 2.45) is 5.92 Å². The molecule has 120 valence electrons. The van der Waals surface area contributed by atoms with Crippen molar-refractivity contribution in [3.05, 3.63) is 34.9 Å². The van der Waals surface area contributed by atoms with Gasteiger partial charge in [-0.2, -0.15) is 0 Å². The standard InChI is InChI=1S/C15H18ClNO4S/c16-13-3-1-12(2-4-13)14(18)5-6-15(19)17-9-11-7-8-22(20,21)10-11/h1-4,11H,5-10H2,(H,17,19). The number of ketones is 1. The molecule has 0 radical (unpaired) electrons. The van der Waals surface area contributed by atoms with Gasteiger partial charge in [-0.15, -0.1) is 0 Å². The molecule has 1 aromatic carbocycles. The molecule has 1 saturated heterocycles. The Labute approximate surface area is 135 Å². The molecule has 1 unspecified atom stereocenters. The van der Waals surface area contributed by atoms with Gasteiger partial charge >= 0.3 is 0 Å². The van der Waals surface area contributed by atoms with E-state index in [1.165, 1.54) is 0 Å². The third-order valence-corrected chi connectivity index (χ3v) is 5.75. The van der Waals surface area contributed by atoms with Gasteiger partial charge in [-0.1, -0.05) is 11.6 Å². The quantitative estimate of drug-likeness (QED) is 0.799. The molecule has 1 aliphatic heterocycles. The van der Waals surface area contributed by atoms with Gasteiger partial charge in [-0.3, -0.25) is 9.59 Å². The zero-order chi connectivity index (χ0) is 16.2. The van der Waals surface area contributed by atoms with Gasteiger partial charge < -0.3 is 5.32 Å². The number of Topliss-reactive ketones (excluding diaryl/α,β-unsaturated/α-hetero) is 1. The van der Waals surface area contributed by atoms with Gasteiger partial charge in [0.15, 0.2) is 15.6 Å². The molecule has 22 heavy (non-hydrogen) atoms. The smallest absolute Gasteiger partial charge is 0.220 e. The van der Waals surface area contributed by atoms with E-state index < -0.39 is 9.84 Å². The molecule has 0 aromatic heterocycles. The van der Waals surface area contributed by atoms with Gasteiger partial charge in [0, 0.05) is 30.0 Å². The Morgan fingerprint density at radius 1 is 1.18 bits per heavy atom. The van der Waals surface area contributed by atoms with E-state index in [0.717, 1.165) is 0 Å². The van der Waals surface area contributed by atoms with Crippen LogP contribution >= 0.6 is 11.6 Å². The summed E-state index contributed by atoms with van der Waals surface area (Å²) in [5.74, 6) is -0.0256. The average molecular weight is 344 g/mol. The van der Waals surface area contributed by atoms with E-state index in [0.29, 0.717) is 23.6 Å². The number of carbonyl (C=O) groups is 2. The number of halogens is 1. The first kappa shape index (κ1) is 17.0. The van der Waals surface area contributed by atoms with Crippen LogP contribution in [0.2, 0.25) is 5.02 Å². The highest BCUT2D eigenvalue weighted by Gasteiger charge is 2.27. The van der Waals surface area contributed by atoms with E-state index >= 15 is 0 Å². The summed E-state index contributed by atoms with van der Waals surface area (Å²) in [5.41, 5.74) is 0.527.